The third-order valence-corrected chi connectivity index (χ3v) is 5.12. The van der Waals surface area contributed by atoms with E-state index in [1.807, 2.05) is 37.3 Å². The second kappa shape index (κ2) is 7.37. The average molecular weight is 344 g/mol. The number of benzene rings is 1. The molecule has 6 heteroatoms. The molecule has 6 nitrogen and oxygen atoms in total. The summed E-state index contributed by atoms with van der Waals surface area (Å²) in [4.78, 5) is 14.2. The Morgan fingerprint density at radius 1 is 1.40 bits per heavy atom. The summed E-state index contributed by atoms with van der Waals surface area (Å²) in [5.41, 5.74) is 0.978. The van der Waals surface area contributed by atoms with Gasteiger partial charge in [0.25, 0.3) is 5.91 Å². The van der Waals surface area contributed by atoms with E-state index in [-0.39, 0.29) is 24.8 Å². The van der Waals surface area contributed by atoms with Crippen LogP contribution in [-0.2, 0) is 0 Å². The second-order valence-corrected chi connectivity index (χ2v) is 6.73. The van der Waals surface area contributed by atoms with Crippen LogP contribution in [-0.4, -0.2) is 52.0 Å². The summed E-state index contributed by atoms with van der Waals surface area (Å²) in [5.74, 6) is -0.116. The number of hydrogen-bond acceptors (Lipinski definition) is 5. The van der Waals surface area contributed by atoms with Crippen molar-refractivity contribution in [2.45, 2.75) is 32.3 Å². The summed E-state index contributed by atoms with van der Waals surface area (Å²) in [5, 5.41) is 24.2. The zero-order valence-corrected chi connectivity index (χ0v) is 14.4. The van der Waals surface area contributed by atoms with Gasteiger partial charge in [0, 0.05) is 30.1 Å². The maximum absolute atomic E-state index is 12.7. The molecule has 2 aromatic rings. The van der Waals surface area contributed by atoms with Crippen molar-refractivity contribution in [2.24, 2.45) is 5.41 Å². The number of carbonyl (C=O) groups is 1. The molecule has 2 N–H and O–H groups in total. The van der Waals surface area contributed by atoms with Gasteiger partial charge in [0.2, 0.25) is 5.76 Å². The number of amides is 1. The van der Waals surface area contributed by atoms with Gasteiger partial charge in [-0.05, 0) is 12.8 Å². The van der Waals surface area contributed by atoms with Crippen molar-refractivity contribution in [3.63, 3.8) is 0 Å². The maximum Gasteiger partial charge on any atom is 0.292 e. The summed E-state index contributed by atoms with van der Waals surface area (Å²) in [6, 6.07) is 11.1. The van der Waals surface area contributed by atoms with Gasteiger partial charge in [-0.15, -0.1) is 0 Å². The number of piperidine rings is 1. The van der Waals surface area contributed by atoms with Gasteiger partial charge in [0.15, 0.2) is 0 Å². The van der Waals surface area contributed by atoms with E-state index < -0.39 is 11.5 Å². The van der Waals surface area contributed by atoms with Gasteiger partial charge >= 0.3 is 0 Å². The van der Waals surface area contributed by atoms with E-state index in [0.29, 0.717) is 18.7 Å². The average Bonchev–Trinajstić information content (AvgIpc) is 3.14. The van der Waals surface area contributed by atoms with Crippen LogP contribution in [0.1, 0.15) is 36.7 Å². The Bertz CT molecular complexity index is 715. The first-order valence-corrected chi connectivity index (χ1v) is 8.70. The number of aromatic nitrogens is 1. The minimum absolute atomic E-state index is 0.0650. The highest BCUT2D eigenvalue weighted by Crippen LogP contribution is 2.36. The van der Waals surface area contributed by atoms with Crippen LogP contribution in [0.2, 0.25) is 0 Å². The van der Waals surface area contributed by atoms with Gasteiger partial charge in [0.1, 0.15) is 5.69 Å². The largest absolute Gasteiger partial charge is 0.396 e. The highest BCUT2D eigenvalue weighted by molar-refractivity contribution is 5.92. The molecule has 0 radical (unpaired) electrons. The lowest BCUT2D eigenvalue weighted by atomic mass is 9.73. The topological polar surface area (TPSA) is 86.8 Å². The molecule has 25 heavy (non-hydrogen) atoms. The molecule has 134 valence electrons. The van der Waals surface area contributed by atoms with Crippen LogP contribution in [0.4, 0.5) is 0 Å². The first-order chi connectivity index (χ1) is 12.1. The maximum atomic E-state index is 12.7. The minimum Gasteiger partial charge on any atom is -0.396 e. The number of carbonyl (C=O) groups excluding carboxylic acids is 1. The lowest BCUT2D eigenvalue weighted by Crippen LogP contribution is -2.54. The van der Waals surface area contributed by atoms with Crippen LogP contribution in [0.15, 0.2) is 40.9 Å². The molecule has 1 saturated heterocycles. The Balaban J connectivity index is 1.72. The third-order valence-electron chi connectivity index (χ3n) is 5.12. The Morgan fingerprint density at radius 3 is 2.80 bits per heavy atom. The number of rotatable bonds is 5. The summed E-state index contributed by atoms with van der Waals surface area (Å²) in [6.07, 6.45) is 1.46. The van der Waals surface area contributed by atoms with Crippen molar-refractivity contribution in [3.05, 3.63) is 42.2 Å². The smallest absolute Gasteiger partial charge is 0.292 e. The lowest BCUT2D eigenvalue weighted by molar-refractivity contribution is -0.0718. The Kier molecular flexibility index (Phi) is 5.20. The van der Waals surface area contributed by atoms with E-state index in [1.165, 1.54) is 0 Å². The van der Waals surface area contributed by atoms with Crippen molar-refractivity contribution in [3.8, 4) is 11.3 Å². The van der Waals surface area contributed by atoms with Gasteiger partial charge in [-0.3, -0.25) is 4.79 Å². The molecule has 0 aliphatic carbocycles. The van der Waals surface area contributed by atoms with Gasteiger partial charge in [-0.1, -0.05) is 48.8 Å². The number of nitrogens with zero attached hydrogens (tertiary/aromatic N) is 2. The molecule has 1 fully saturated rings. The molecule has 0 bridgehead atoms. The number of aliphatic hydroxyl groups excluding tert-OH is 2. The lowest BCUT2D eigenvalue weighted by Gasteiger charge is -2.44. The van der Waals surface area contributed by atoms with Gasteiger partial charge in [-0.2, -0.15) is 0 Å². The summed E-state index contributed by atoms with van der Waals surface area (Å²) in [6.45, 7) is 2.64. The SMILES string of the molecule is CCC[C@]1(CO)CCN(C(=O)c2cc(-c3ccccc3)no2)C[C@@H]1O. The molecule has 2 atom stereocenters. The molecule has 0 saturated carbocycles. The van der Waals surface area contributed by atoms with Gasteiger partial charge in [0.05, 0.1) is 12.7 Å². The van der Waals surface area contributed by atoms with Crippen molar-refractivity contribution in [1.29, 1.82) is 0 Å². The monoisotopic (exact) mass is 344 g/mol. The Morgan fingerprint density at radius 2 is 2.16 bits per heavy atom. The fourth-order valence-electron chi connectivity index (χ4n) is 3.53. The van der Waals surface area contributed by atoms with E-state index in [9.17, 15) is 15.0 Å². The highest BCUT2D eigenvalue weighted by Gasteiger charge is 2.42. The van der Waals surface area contributed by atoms with Gasteiger partial charge in [-0.25, -0.2) is 0 Å². The van der Waals surface area contributed by atoms with Crippen LogP contribution in [0.25, 0.3) is 11.3 Å². The second-order valence-electron chi connectivity index (χ2n) is 6.73. The molecular weight excluding hydrogens is 320 g/mol. The van der Waals surface area contributed by atoms with E-state index in [4.69, 9.17) is 4.52 Å². The molecule has 3 rings (SSSR count). The molecule has 1 aromatic carbocycles. The Labute approximate surface area is 147 Å². The molecule has 0 unspecified atom stereocenters. The van der Waals surface area contributed by atoms with Crippen LogP contribution < -0.4 is 0 Å². The summed E-state index contributed by atoms with van der Waals surface area (Å²) in [7, 11) is 0. The fourth-order valence-corrected chi connectivity index (χ4v) is 3.53. The van der Waals surface area contributed by atoms with Crippen LogP contribution in [0.5, 0.6) is 0 Å². The van der Waals surface area contributed by atoms with Crippen molar-refractivity contribution in [1.82, 2.24) is 10.1 Å². The molecule has 1 aromatic heterocycles. The van der Waals surface area contributed by atoms with Crippen molar-refractivity contribution >= 4 is 5.91 Å². The Hall–Kier alpha value is -2.18. The van der Waals surface area contributed by atoms with Gasteiger partial charge < -0.3 is 19.6 Å². The standard InChI is InChI=1S/C19H24N2O4/c1-2-8-19(13-22)9-10-21(12-17(19)23)18(24)16-11-15(20-25-16)14-6-4-3-5-7-14/h3-7,11,17,22-23H,2,8-10,12-13H2,1H3/t17-,19+/m0/s1. The molecule has 0 spiro atoms. The predicted octanol–water partition coefficient (Wildman–Crippen LogP) is 2.33. The van der Waals surface area contributed by atoms with Crippen LogP contribution in [0, 0.1) is 5.41 Å². The zero-order valence-electron chi connectivity index (χ0n) is 14.4. The van der Waals surface area contributed by atoms with Crippen molar-refractivity contribution in [2.75, 3.05) is 19.7 Å². The molecule has 2 heterocycles. The number of hydrogen-bond donors (Lipinski definition) is 2. The molecular formula is C19H24N2O4. The zero-order chi connectivity index (χ0) is 17.9. The first kappa shape index (κ1) is 17.6. The van der Waals surface area contributed by atoms with Crippen molar-refractivity contribution < 1.29 is 19.5 Å². The normalized spacial score (nSPS) is 23.6. The molecule has 1 aliphatic heterocycles. The summed E-state index contributed by atoms with van der Waals surface area (Å²) >= 11 is 0. The number of likely N-dealkylation sites (tertiary alicyclic amines) is 1. The number of β-amino-alcohol motifs (C(OH)–C–C–N with tert-alkyl or cyclic N) is 1. The first-order valence-electron chi connectivity index (χ1n) is 8.70. The predicted molar refractivity (Wildman–Crippen MR) is 92.9 cm³/mol. The van der Waals surface area contributed by atoms with Crippen LogP contribution >= 0.6 is 0 Å². The third kappa shape index (κ3) is 3.45. The molecule has 1 aliphatic rings. The minimum atomic E-state index is -0.744. The molecule has 1 amide bonds. The quantitative estimate of drug-likeness (QED) is 0.869. The van der Waals surface area contributed by atoms with E-state index >= 15 is 0 Å². The van der Waals surface area contributed by atoms with E-state index in [0.717, 1.165) is 18.4 Å². The van der Waals surface area contributed by atoms with E-state index in [1.54, 1.807) is 11.0 Å². The fraction of sp³-hybridized carbons (Fsp3) is 0.474. The summed E-state index contributed by atoms with van der Waals surface area (Å²) < 4.78 is 5.22. The highest BCUT2D eigenvalue weighted by atomic mass is 16.5. The van der Waals surface area contributed by atoms with E-state index in [2.05, 4.69) is 5.16 Å². The van der Waals surface area contributed by atoms with Crippen LogP contribution in [0.3, 0.4) is 0 Å². The number of aliphatic hydroxyl groups is 2.